The molecule has 0 aliphatic carbocycles. The van der Waals surface area contributed by atoms with Crippen LogP contribution in [0.4, 0.5) is 0 Å². The van der Waals surface area contributed by atoms with Crippen molar-refractivity contribution >= 4 is 0 Å². The summed E-state index contributed by atoms with van der Waals surface area (Å²) in [6.45, 7) is -1.38. The number of aliphatic hydroxyl groups excluding tert-OH is 7. The van der Waals surface area contributed by atoms with E-state index in [1.807, 2.05) is 0 Å². The number of hydrogen-bond donors (Lipinski definition) is 8. The van der Waals surface area contributed by atoms with Gasteiger partial charge in [-0.25, -0.2) is 0 Å². The van der Waals surface area contributed by atoms with Gasteiger partial charge in [0.15, 0.2) is 34.5 Å². The molecule has 2 aliphatic rings. The molecule has 2 unspecified atom stereocenters. The maximum atomic E-state index is 11.5. The summed E-state index contributed by atoms with van der Waals surface area (Å²) in [7, 11) is 4.24. The van der Waals surface area contributed by atoms with Crippen molar-refractivity contribution in [2.24, 2.45) is 0 Å². The summed E-state index contributed by atoms with van der Waals surface area (Å²) >= 11 is 0. The molecule has 8 N–H and O–H groups in total. The Kier molecular flexibility index (Phi) is 10.6. The highest BCUT2D eigenvalue weighted by molar-refractivity contribution is 5.57. The average molecular weight is 661 g/mol. The number of hydrogen-bond acceptors (Lipinski definition) is 14. The second kappa shape index (κ2) is 14.5. The van der Waals surface area contributed by atoms with E-state index in [9.17, 15) is 40.9 Å². The molecule has 1 saturated heterocycles. The molecule has 14 nitrogen and oxygen atoms in total. The van der Waals surface area contributed by atoms with E-state index in [2.05, 4.69) is 0 Å². The van der Waals surface area contributed by atoms with Gasteiger partial charge in [-0.15, -0.1) is 0 Å². The van der Waals surface area contributed by atoms with Crippen LogP contribution in [0.3, 0.4) is 0 Å². The van der Waals surface area contributed by atoms with Gasteiger partial charge in [0.25, 0.3) is 0 Å². The zero-order valence-corrected chi connectivity index (χ0v) is 26.0. The Balaban J connectivity index is 1.43. The summed E-state index contributed by atoms with van der Waals surface area (Å²) in [4.78, 5) is 0. The monoisotopic (exact) mass is 660 g/mol. The smallest absolute Gasteiger partial charge is 0.229 e. The van der Waals surface area contributed by atoms with Crippen molar-refractivity contribution in [1.29, 1.82) is 0 Å². The Bertz CT molecular complexity index is 1530. The maximum absolute atomic E-state index is 11.5. The lowest BCUT2D eigenvalue weighted by Crippen LogP contribution is -2.60. The standard InChI is InChI=1S/C33H40O14/c1-42-23-9-15(4-6-21(23)37)19(12-34)27(38)17-8-18-20(13-35)31(47-32(18)25(11-17)44-3)16-5-7-22(24(10-16)43-2)45-33-30(41)29(40)28(39)26(14-36)46-33/h4-11,19-20,26-31,33-41H,12-14H2,1-3H3/t19?,20-,26-,27?,28-,29+,30-,31+,33-/m1/s1. The molecule has 2 heterocycles. The first-order valence-corrected chi connectivity index (χ1v) is 14.9. The molecule has 0 spiro atoms. The van der Waals surface area contributed by atoms with E-state index in [0.717, 1.165) is 0 Å². The molecule has 14 heteroatoms. The number of fused-ring (bicyclic) bond motifs is 1. The van der Waals surface area contributed by atoms with Crippen LogP contribution in [0.2, 0.25) is 0 Å². The molecule has 9 atom stereocenters. The Labute approximate surface area is 270 Å². The molecule has 256 valence electrons. The predicted molar refractivity (Wildman–Crippen MR) is 163 cm³/mol. The van der Waals surface area contributed by atoms with Gasteiger partial charge in [-0.1, -0.05) is 12.1 Å². The van der Waals surface area contributed by atoms with Crippen molar-refractivity contribution in [3.05, 3.63) is 70.8 Å². The minimum atomic E-state index is -1.62. The van der Waals surface area contributed by atoms with Crippen molar-refractivity contribution in [2.75, 3.05) is 41.2 Å². The summed E-state index contributed by atoms with van der Waals surface area (Å²) in [5, 5.41) is 82.4. The first-order valence-electron chi connectivity index (χ1n) is 14.9. The van der Waals surface area contributed by atoms with Gasteiger partial charge in [-0.05, 0) is 53.1 Å². The van der Waals surface area contributed by atoms with E-state index in [1.165, 1.54) is 39.5 Å². The van der Waals surface area contributed by atoms with Crippen molar-refractivity contribution in [3.8, 4) is 34.5 Å². The number of aliphatic hydroxyl groups is 7. The summed E-state index contributed by atoms with van der Waals surface area (Å²) in [5.41, 5.74) is 2.06. The number of methoxy groups -OCH3 is 3. The molecule has 0 amide bonds. The molecule has 0 radical (unpaired) electrons. The Morgan fingerprint density at radius 3 is 2.09 bits per heavy atom. The topological polar surface area (TPSA) is 217 Å². The summed E-state index contributed by atoms with van der Waals surface area (Å²) < 4.78 is 33.9. The molecule has 5 rings (SSSR count). The molecular formula is C33H40O14. The van der Waals surface area contributed by atoms with Gasteiger partial charge in [-0.2, -0.15) is 0 Å². The molecule has 0 bridgehead atoms. The molecule has 3 aromatic rings. The third kappa shape index (κ3) is 6.51. The zero-order valence-electron chi connectivity index (χ0n) is 26.0. The van der Waals surface area contributed by atoms with Gasteiger partial charge < -0.3 is 69.3 Å². The van der Waals surface area contributed by atoms with Crippen LogP contribution < -0.4 is 23.7 Å². The van der Waals surface area contributed by atoms with E-state index < -0.39 is 68.0 Å². The van der Waals surface area contributed by atoms with Crippen LogP contribution in [-0.2, 0) is 4.74 Å². The van der Waals surface area contributed by atoms with Crippen molar-refractivity contribution in [1.82, 2.24) is 0 Å². The fraction of sp³-hybridized carbons (Fsp3) is 0.455. The third-order valence-electron chi connectivity index (χ3n) is 8.69. The van der Waals surface area contributed by atoms with Gasteiger partial charge in [0.05, 0.1) is 53.2 Å². The molecule has 1 fully saturated rings. The second-order valence-corrected chi connectivity index (χ2v) is 11.4. The van der Waals surface area contributed by atoms with E-state index in [1.54, 1.807) is 30.3 Å². The predicted octanol–water partition coefficient (Wildman–Crippen LogP) is 0.616. The number of phenols is 1. The Morgan fingerprint density at radius 2 is 1.45 bits per heavy atom. The lowest BCUT2D eigenvalue weighted by Gasteiger charge is -2.39. The molecular weight excluding hydrogens is 620 g/mol. The van der Waals surface area contributed by atoms with Crippen LogP contribution in [0.25, 0.3) is 0 Å². The number of benzene rings is 3. The van der Waals surface area contributed by atoms with Crippen molar-refractivity contribution in [3.63, 3.8) is 0 Å². The van der Waals surface area contributed by atoms with E-state index in [-0.39, 0.29) is 29.6 Å². The summed E-state index contributed by atoms with van der Waals surface area (Å²) in [6.07, 6.45) is -9.33. The van der Waals surface area contributed by atoms with Crippen LogP contribution in [0.1, 0.15) is 46.3 Å². The molecule has 47 heavy (non-hydrogen) atoms. The van der Waals surface area contributed by atoms with Crippen LogP contribution in [0, 0.1) is 0 Å². The van der Waals surface area contributed by atoms with Crippen molar-refractivity contribution < 1.29 is 69.3 Å². The van der Waals surface area contributed by atoms with Gasteiger partial charge in [0.1, 0.15) is 30.5 Å². The third-order valence-corrected chi connectivity index (χ3v) is 8.69. The Hall–Kier alpha value is -3.86. The van der Waals surface area contributed by atoms with Crippen LogP contribution in [-0.4, -0.2) is 113 Å². The highest BCUT2D eigenvalue weighted by Crippen LogP contribution is 2.52. The van der Waals surface area contributed by atoms with Gasteiger partial charge >= 0.3 is 0 Å². The van der Waals surface area contributed by atoms with Crippen LogP contribution in [0.15, 0.2) is 48.5 Å². The molecule has 0 aromatic heterocycles. The zero-order chi connectivity index (χ0) is 34.0. The molecule has 3 aromatic carbocycles. The Morgan fingerprint density at radius 1 is 0.745 bits per heavy atom. The average Bonchev–Trinajstić information content (AvgIpc) is 3.47. The molecule has 0 saturated carbocycles. The van der Waals surface area contributed by atoms with Crippen molar-refractivity contribution in [2.45, 2.75) is 54.7 Å². The first kappa shape index (κ1) is 34.5. The summed E-state index contributed by atoms with van der Waals surface area (Å²) in [5.74, 6) is -0.314. The second-order valence-electron chi connectivity index (χ2n) is 11.4. The van der Waals surface area contributed by atoms with E-state index in [4.69, 9.17) is 28.4 Å². The van der Waals surface area contributed by atoms with Gasteiger partial charge in [-0.3, -0.25) is 0 Å². The highest BCUT2D eigenvalue weighted by atomic mass is 16.7. The van der Waals surface area contributed by atoms with E-state index in [0.29, 0.717) is 33.8 Å². The minimum absolute atomic E-state index is 0.0827. The van der Waals surface area contributed by atoms with Crippen LogP contribution in [0.5, 0.6) is 34.5 Å². The lowest BCUT2D eigenvalue weighted by molar-refractivity contribution is -0.277. The largest absolute Gasteiger partial charge is 0.504 e. The quantitative estimate of drug-likeness (QED) is 0.134. The molecule has 2 aliphatic heterocycles. The number of rotatable bonds is 12. The lowest BCUT2D eigenvalue weighted by atomic mass is 9.86. The van der Waals surface area contributed by atoms with Gasteiger partial charge in [0, 0.05) is 11.5 Å². The maximum Gasteiger partial charge on any atom is 0.229 e. The normalized spacial score (nSPS) is 26.6. The van der Waals surface area contributed by atoms with Gasteiger partial charge in [0.2, 0.25) is 6.29 Å². The highest BCUT2D eigenvalue weighted by Gasteiger charge is 2.45. The summed E-state index contributed by atoms with van der Waals surface area (Å²) in [6, 6.07) is 12.6. The van der Waals surface area contributed by atoms with Crippen LogP contribution >= 0.6 is 0 Å². The minimum Gasteiger partial charge on any atom is -0.504 e. The number of ether oxygens (including phenoxy) is 6. The first-order chi connectivity index (χ1) is 22.6. The van der Waals surface area contributed by atoms with E-state index >= 15 is 0 Å². The fourth-order valence-corrected chi connectivity index (χ4v) is 6.03. The fourth-order valence-electron chi connectivity index (χ4n) is 6.03. The SMILES string of the molecule is COc1cc(C(CO)C(O)c2cc(OC)c3c(c2)[C@@H](CO)[C@H](c2ccc(O[C@@H]4O[C@H](CO)[C@@H](O)[C@H](O)[C@H]4O)c(OC)c2)O3)ccc1O. The number of aromatic hydroxyl groups is 1. The number of phenolic OH excluding ortho intramolecular Hbond substituents is 1.